The molecule has 0 fully saturated rings. The lowest BCUT2D eigenvalue weighted by molar-refractivity contribution is 0.386. The minimum atomic E-state index is -0.339. The lowest BCUT2D eigenvalue weighted by atomic mass is 10.0. The highest BCUT2D eigenvalue weighted by molar-refractivity contribution is 9.10. The van der Waals surface area contributed by atoms with Gasteiger partial charge in [-0.15, -0.1) is 0 Å². The fraction of sp³-hybridized carbons (Fsp3) is 0.200. The van der Waals surface area contributed by atoms with E-state index in [1.54, 1.807) is 12.1 Å². The van der Waals surface area contributed by atoms with Crippen LogP contribution in [-0.4, -0.2) is 7.11 Å². The van der Waals surface area contributed by atoms with Crippen molar-refractivity contribution in [3.63, 3.8) is 0 Å². The van der Waals surface area contributed by atoms with E-state index in [1.165, 1.54) is 18.7 Å². The van der Waals surface area contributed by atoms with Crippen LogP contribution < -0.4 is 4.74 Å². The maximum absolute atomic E-state index is 13.4. The summed E-state index contributed by atoms with van der Waals surface area (Å²) in [7, 11) is 1.47. The molecule has 2 aromatic carbocycles. The van der Waals surface area contributed by atoms with Crippen molar-refractivity contribution >= 4 is 31.9 Å². The number of rotatable bonds is 4. The molecule has 0 aliphatic heterocycles. The summed E-state index contributed by atoms with van der Waals surface area (Å²) in [5.41, 5.74) is 2.21. The van der Waals surface area contributed by atoms with Crippen molar-refractivity contribution in [2.24, 2.45) is 0 Å². The standard InChI is InChI=1S/C15H13Br2FO/c1-19-15-9-11(5-6-14(15)18)13(17)8-10-3-2-4-12(16)7-10/h2-7,9,13H,8H2,1H3. The maximum Gasteiger partial charge on any atom is 0.165 e. The molecule has 2 aromatic rings. The van der Waals surface area contributed by atoms with E-state index in [2.05, 4.69) is 44.0 Å². The normalized spacial score (nSPS) is 12.2. The van der Waals surface area contributed by atoms with Gasteiger partial charge in [0.2, 0.25) is 0 Å². The number of halogens is 3. The summed E-state index contributed by atoms with van der Waals surface area (Å²) in [5, 5.41) is 0. The van der Waals surface area contributed by atoms with E-state index in [0.29, 0.717) is 0 Å². The van der Waals surface area contributed by atoms with Crippen molar-refractivity contribution in [1.29, 1.82) is 0 Å². The van der Waals surface area contributed by atoms with E-state index in [1.807, 2.05) is 12.1 Å². The summed E-state index contributed by atoms with van der Waals surface area (Å²) >= 11 is 7.10. The minimum Gasteiger partial charge on any atom is -0.494 e. The summed E-state index contributed by atoms with van der Waals surface area (Å²) in [5.74, 6) is -0.0652. The van der Waals surface area contributed by atoms with E-state index in [4.69, 9.17) is 4.74 Å². The fourth-order valence-corrected chi connectivity index (χ4v) is 2.97. The van der Waals surface area contributed by atoms with Gasteiger partial charge in [-0.05, 0) is 41.8 Å². The van der Waals surface area contributed by atoms with Gasteiger partial charge in [-0.3, -0.25) is 0 Å². The summed E-state index contributed by atoms with van der Waals surface area (Å²) in [6, 6.07) is 13.1. The van der Waals surface area contributed by atoms with Crippen LogP contribution in [0.1, 0.15) is 16.0 Å². The smallest absolute Gasteiger partial charge is 0.165 e. The molecule has 0 spiro atoms. The average Bonchev–Trinajstić information content (AvgIpc) is 2.39. The molecule has 0 N–H and O–H groups in total. The molecule has 0 saturated heterocycles. The van der Waals surface area contributed by atoms with Crippen LogP contribution in [0.25, 0.3) is 0 Å². The van der Waals surface area contributed by atoms with Gasteiger partial charge < -0.3 is 4.74 Å². The molecule has 0 heterocycles. The van der Waals surface area contributed by atoms with Crippen LogP contribution in [0.3, 0.4) is 0 Å². The third kappa shape index (κ3) is 3.80. The zero-order valence-corrected chi connectivity index (χ0v) is 13.5. The van der Waals surface area contributed by atoms with Gasteiger partial charge in [0.15, 0.2) is 11.6 Å². The number of hydrogen-bond donors (Lipinski definition) is 0. The molecule has 1 unspecified atom stereocenters. The molecule has 0 aromatic heterocycles. The summed E-state index contributed by atoms with van der Waals surface area (Å²) < 4.78 is 19.4. The number of hydrogen-bond acceptors (Lipinski definition) is 1. The quantitative estimate of drug-likeness (QED) is 0.649. The van der Waals surface area contributed by atoms with Crippen LogP contribution in [0.2, 0.25) is 0 Å². The molecule has 100 valence electrons. The zero-order chi connectivity index (χ0) is 13.8. The highest BCUT2D eigenvalue weighted by Gasteiger charge is 2.12. The molecule has 19 heavy (non-hydrogen) atoms. The van der Waals surface area contributed by atoms with Gasteiger partial charge in [0.1, 0.15) is 0 Å². The summed E-state index contributed by atoms with van der Waals surface area (Å²) in [4.78, 5) is 0.122. The Bertz CT molecular complexity index is 572. The molecule has 1 nitrogen and oxygen atoms in total. The monoisotopic (exact) mass is 386 g/mol. The Morgan fingerprint density at radius 2 is 2.00 bits per heavy atom. The van der Waals surface area contributed by atoms with Gasteiger partial charge in [-0.25, -0.2) is 4.39 Å². The number of benzene rings is 2. The van der Waals surface area contributed by atoms with Crippen LogP contribution in [0.4, 0.5) is 4.39 Å². The van der Waals surface area contributed by atoms with Gasteiger partial charge in [-0.2, -0.15) is 0 Å². The van der Waals surface area contributed by atoms with Gasteiger partial charge in [0.05, 0.1) is 7.11 Å². The Morgan fingerprint density at radius 3 is 2.68 bits per heavy atom. The molecular formula is C15H13Br2FO. The first-order valence-electron chi connectivity index (χ1n) is 5.82. The molecule has 4 heteroatoms. The molecule has 0 aliphatic rings. The maximum atomic E-state index is 13.4. The lowest BCUT2D eigenvalue weighted by Crippen LogP contribution is -1.97. The predicted octanol–water partition coefficient (Wildman–Crippen LogP) is 5.28. The van der Waals surface area contributed by atoms with Gasteiger partial charge in [0, 0.05) is 9.30 Å². The Kier molecular flexibility index (Phi) is 4.99. The molecule has 0 radical (unpaired) electrons. The van der Waals surface area contributed by atoms with Crippen LogP contribution in [0.5, 0.6) is 5.75 Å². The minimum absolute atomic E-state index is 0.122. The molecule has 0 amide bonds. The number of alkyl halides is 1. The largest absolute Gasteiger partial charge is 0.494 e. The Labute approximate surface area is 129 Å². The van der Waals surface area contributed by atoms with Crippen LogP contribution >= 0.6 is 31.9 Å². The van der Waals surface area contributed by atoms with Crippen LogP contribution in [-0.2, 0) is 6.42 Å². The van der Waals surface area contributed by atoms with E-state index in [0.717, 1.165) is 16.5 Å². The zero-order valence-electron chi connectivity index (χ0n) is 10.4. The van der Waals surface area contributed by atoms with E-state index < -0.39 is 0 Å². The van der Waals surface area contributed by atoms with Crippen molar-refractivity contribution < 1.29 is 9.13 Å². The molecule has 0 bridgehead atoms. The van der Waals surface area contributed by atoms with Crippen LogP contribution in [0, 0.1) is 5.82 Å². The second-order valence-electron chi connectivity index (χ2n) is 4.20. The Hall–Kier alpha value is -0.870. The summed E-state index contributed by atoms with van der Waals surface area (Å²) in [6.07, 6.45) is 0.828. The Balaban J connectivity index is 2.18. The SMILES string of the molecule is COc1cc(C(Br)Cc2cccc(Br)c2)ccc1F. The molecule has 2 rings (SSSR count). The van der Waals surface area contributed by atoms with Crippen molar-refractivity contribution in [2.45, 2.75) is 11.2 Å². The van der Waals surface area contributed by atoms with Gasteiger partial charge in [0.25, 0.3) is 0 Å². The number of ether oxygens (including phenoxy) is 1. The van der Waals surface area contributed by atoms with Gasteiger partial charge in [-0.1, -0.05) is 50.1 Å². The van der Waals surface area contributed by atoms with Crippen LogP contribution in [0.15, 0.2) is 46.9 Å². The average molecular weight is 388 g/mol. The first-order valence-corrected chi connectivity index (χ1v) is 7.53. The third-order valence-electron chi connectivity index (χ3n) is 2.84. The van der Waals surface area contributed by atoms with Crippen molar-refractivity contribution in [2.75, 3.05) is 7.11 Å². The van der Waals surface area contributed by atoms with E-state index in [-0.39, 0.29) is 16.4 Å². The fourth-order valence-electron chi connectivity index (χ4n) is 1.86. The Morgan fingerprint density at radius 1 is 1.21 bits per heavy atom. The highest BCUT2D eigenvalue weighted by atomic mass is 79.9. The van der Waals surface area contributed by atoms with Crippen molar-refractivity contribution in [3.8, 4) is 5.75 Å². The predicted molar refractivity (Wildman–Crippen MR) is 82.5 cm³/mol. The topological polar surface area (TPSA) is 9.23 Å². The van der Waals surface area contributed by atoms with Crippen molar-refractivity contribution in [3.05, 3.63) is 63.9 Å². The first kappa shape index (κ1) is 14.5. The van der Waals surface area contributed by atoms with Crippen molar-refractivity contribution in [1.82, 2.24) is 0 Å². The second kappa shape index (κ2) is 6.53. The van der Waals surface area contributed by atoms with E-state index >= 15 is 0 Å². The first-order chi connectivity index (χ1) is 9.10. The third-order valence-corrected chi connectivity index (χ3v) is 4.19. The number of methoxy groups -OCH3 is 1. The molecule has 0 saturated carbocycles. The van der Waals surface area contributed by atoms with Gasteiger partial charge >= 0.3 is 0 Å². The molecule has 0 aliphatic carbocycles. The van der Waals surface area contributed by atoms with E-state index in [9.17, 15) is 4.39 Å². The second-order valence-corrected chi connectivity index (χ2v) is 6.22. The highest BCUT2D eigenvalue weighted by Crippen LogP contribution is 2.31. The lowest BCUT2D eigenvalue weighted by Gasteiger charge is -2.12. The molecular weight excluding hydrogens is 375 g/mol. The summed E-state index contributed by atoms with van der Waals surface area (Å²) in [6.45, 7) is 0. The molecule has 1 atom stereocenters.